The number of nitriles is 1. The maximum atomic E-state index is 14.1. The highest BCUT2D eigenvalue weighted by Crippen LogP contribution is 2.44. The van der Waals surface area contributed by atoms with E-state index in [0.29, 0.717) is 40.4 Å². The zero-order chi connectivity index (χ0) is 22.0. The standard InChI is InChI=1S/C23H19FN6O/c1-3-30(22-17(12-25)21(26)27-13-28-22)23-19(14-7-5-4-6-8-14)20(31-2)16-11-15(24)9-10-18(16)29-23/h4-11,13H,3H2,1-2H3,(H2,26,27,28). The van der Waals surface area contributed by atoms with Gasteiger partial charge < -0.3 is 15.4 Å². The number of benzene rings is 2. The number of nitrogens with two attached hydrogens (primary N) is 1. The van der Waals surface area contributed by atoms with Crippen molar-refractivity contribution < 1.29 is 9.13 Å². The van der Waals surface area contributed by atoms with Gasteiger partial charge >= 0.3 is 0 Å². The van der Waals surface area contributed by atoms with Gasteiger partial charge in [0, 0.05) is 11.9 Å². The number of nitrogen functional groups attached to an aromatic ring is 1. The summed E-state index contributed by atoms with van der Waals surface area (Å²) < 4.78 is 19.8. The van der Waals surface area contributed by atoms with Crippen molar-refractivity contribution in [2.24, 2.45) is 0 Å². The van der Waals surface area contributed by atoms with Crippen molar-refractivity contribution in [3.8, 4) is 22.9 Å². The lowest BCUT2D eigenvalue weighted by Gasteiger charge is -2.26. The first-order valence-corrected chi connectivity index (χ1v) is 9.59. The minimum absolute atomic E-state index is 0.0852. The Morgan fingerprint density at radius 3 is 2.58 bits per heavy atom. The van der Waals surface area contributed by atoms with Gasteiger partial charge in [-0.3, -0.25) is 0 Å². The highest BCUT2D eigenvalue weighted by molar-refractivity contribution is 5.98. The zero-order valence-electron chi connectivity index (χ0n) is 17.0. The van der Waals surface area contributed by atoms with Gasteiger partial charge in [-0.1, -0.05) is 30.3 Å². The van der Waals surface area contributed by atoms with E-state index in [1.807, 2.05) is 37.3 Å². The Labute approximate surface area is 178 Å². The van der Waals surface area contributed by atoms with Crippen molar-refractivity contribution in [3.05, 3.63) is 66.2 Å². The molecule has 2 heterocycles. The van der Waals surface area contributed by atoms with Crippen LogP contribution in [0.25, 0.3) is 22.0 Å². The molecule has 0 atom stereocenters. The lowest BCUT2D eigenvalue weighted by atomic mass is 10.0. The lowest BCUT2D eigenvalue weighted by Crippen LogP contribution is -2.22. The summed E-state index contributed by atoms with van der Waals surface area (Å²) in [6.45, 7) is 2.35. The summed E-state index contributed by atoms with van der Waals surface area (Å²) in [4.78, 5) is 14.8. The molecule has 154 valence electrons. The molecule has 31 heavy (non-hydrogen) atoms. The van der Waals surface area contributed by atoms with Gasteiger partial charge in [-0.05, 0) is 30.7 Å². The van der Waals surface area contributed by atoms with E-state index in [1.54, 1.807) is 11.0 Å². The number of aromatic nitrogens is 3. The largest absolute Gasteiger partial charge is 0.495 e. The molecule has 0 amide bonds. The second kappa shape index (κ2) is 8.24. The van der Waals surface area contributed by atoms with Crippen LogP contribution >= 0.6 is 0 Å². The van der Waals surface area contributed by atoms with Gasteiger partial charge in [0.05, 0.1) is 18.2 Å². The molecule has 7 nitrogen and oxygen atoms in total. The van der Waals surface area contributed by atoms with Crippen LogP contribution in [0.2, 0.25) is 0 Å². The fraction of sp³-hybridized carbons (Fsp3) is 0.130. The van der Waals surface area contributed by atoms with Crippen LogP contribution in [0.5, 0.6) is 5.75 Å². The Morgan fingerprint density at radius 1 is 1.13 bits per heavy atom. The van der Waals surface area contributed by atoms with Crippen LogP contribution in [0.4, 0.5) is 21.8 Å². The minimum Gasteiger partial charge on any atom is -0.495 e. The van der Waals surface area contributed by atoms with Gasteiger partial charge in [-0.25, -0.2) is 19.3 Å². The first-order valence-electron chi connectivity index (χ1n) is 9.59. The van der Waals surface area contributed by atoms with Crippen molar-refractivity contribution in [1.29, 1.82) is 5.26 Å². The summed E-state index contributed by atoms with van der Waals surface area (Å²) in [5.41, 5.74) is 8.11. The van der Waals surface area contributed by atoms with Gasteiger partial charge in [0.25, 0.3) is 0 Å². The van der Waals surface area contributed by atoms with E-state index in [1.165, 1.54) is 25.6 Å². The number of pyridine rings is 1. The monoisotopic (exact) mass is 414 g/mol. The van der Waals surface area contributed by atoms with Crippen LogP contribution in [0.1, 0.15) is 12.5 Å². The van der Waals surface area contributed by atoms with Crippen LogP contribution in [-0.4, -0.2) is 28.6 Å². The Kier molecular flexibility index (Phi) is 5.33. The van der Waals surface area contributed by atoms with E-state index in [9.17, 15) is 9.65 Å². The van der Waals surface area contributed by atoms with Crippen molar-refractivity contribution in [2.45, 2.75) is 6.92 Å². The molecular weight excluding hydrogens is 395 g/mol. The fourth-order valence-corrected chi connectivity index (χ4v) is 3.57. The molecule has 0 saturated carbocycles. The number of rotatable bonds is 5. The molecule has 0 radical (unpaired) electrons. The van der Waals surface area contributed by atoms with E-state index < -0.39 is 0 Å². The molecule has 0 unspecified atom stereocenters. The number of ether oxygens (including phenoxy) is 1. The molecular formula is C23H19FN6O. The number of hydrogen-bond donors (Lipinski definition) is 1. The predicted octanol–water partition coefficient (Wildman–Crippen LogP) is 4.45. The second-order valence-corrected chi connectivity index (χ2v) is 6.68. The molecule has 2 aromatic carbocycles. The molecule has 0 spiro atoms. The summed E-state index contributed by atoms with van der Waals surface area (Å²) in [6.07, 6.45) is 1.31. The third kappa shape index (κ3) is 3.46. The zero-order valence-corrected chi connectivity index (χ0v) is 17.0. The van der Waals surface area contributed by atoms with Gasteiger partial charge in [0.2, 0.25) is 0 Å². The minimum atomic E-state index is -0.387. The third-order valence-electron chi connectivity index (χ3n) is 4.94. The SMILES string of the molecule is CCN(c1ncnc(N)c1C#N)c1nc2ccc(F)cc2c(OC)c1-c1ccccc1. The molecule has 0 aliphatic carbocycles. The lowest BCUT2D eigenvalue weighted by molar-refractivity contribution is 0.421. The maximum absolute atomic E-state index is 14.1. The van der Waals surface area contributed by atoms with Gasteiger partial charge in [-0.15, -0.1) is 0 Å². The van der Waals surface area contributed by atoms with Crippen molar-refractivity contribution >= 4 is 28.4 Å². The molecule has 4 rings (SSSR count). The number of anilines is 3. The van der Waals surface area contributed by atoms with Crippen LogP contribution in [-0.2, 0) is 0 Å². The summed E-state index contributed by atoms with van der Waals surface area (Å²) in [5, 5.41) is 10.2. The Morgan fingerprint density at radius 2 is 1.90 bits per heavy atom. The number of nitrogens with zero attached hydrogens (tertiary/aromatic N) is 5. The number of methoxy groups -OCH3 is 1. The average Bonchev–Trinajstić information content (AvgIpc) is 2.79. The molecule has 0 bridgehead atoms. The Bertz CT molecular complexity index is 1300. The topological polar surface area (TPSA) is 101 Å². The van der Waals surface area contributed by atoms with Crippen LogP contribution in [0.15, 0.2) is 54.9 Å². The smallest absolute Gasteiger partial charge is 0.157 e. The van der Waals surface area contributed by atoms with Crippen LogP contribution in [0, 0.1) is 17.1 Å². The molecule has 2 N–H and O–H groups in total. The molecule has 0 saturated heterocycles. The van der Waals surface area contributed by atoms with Crippen molar-refractivity contribution in [2.75, 3.05) is 24.3 Å². The fourth-order valence-electron chi connectivity index (χ4n) is 3.57. The van der Waals surface area contributed by atoms with Gasteiger partial charge in [0.1, 0.15) is 41.2 Å². The van der Waals surface area contributed by atoms with Crippen LogP contribution in [0.3, 0.4) is 0 Å². The van der Waals surface area contributed by atoms with Crippen molar-refractivity contribution in [1.82, 2.24) is 15.0 Å². The highest BCUT2D eigenvalue weighted by Gasteiger charge is 2.25. The predicted molar refractivity (Wildman–Crippen MR) is 118 cm³/mol. The maximum Gasteiger partial charge on any atom is 0.157 e. The molecule has 0 fully saturated rings. The molecule has 8 heteroatoms. The average molecular weight is 414 g/mol. The van der Waals surface area contributed by atoms with Crippen molar-refractivity contribution in [3.63, 3.8) is 0 Å². The molecule has 0 aliphatic rings. The van der Waals surface area contributed by atoms with E-state index >= 15 is 0 Å². The molecule has 0 aliphatic heterocycles. The Balaban J connectivity index is 2.11. The normalized spacial score (nSPS) is 10.6. The highest BCUT2D eigenvalue weighted by atomic mass is 19.1. The summed E-state index contributed by atoms with van der Waals surface area (Å²) in [7, 11) is 1.54. The molecule has 2 aromatic heterocycles. The van der Waals surface area contributed by atoms with Crippen LogP contribution < -0.4 is 15.4 Å². The quantitative estimate of drug-likeness (QED) is 0.515. The summed E-state index contributed by atoms with van der Waals surface area (Å²) >= 11 is 0. The Hall–Kier alpha value is -4.25. The number of halogens is 1. The second-order valence-electron chi connectivity index (χ2n) is 6.68. The first-order chi connectivity index (χ1) is 15.1. The molecule has 4 aromatic rings. The summed E-state index contributed by atoms with van der Waals surface area (Å²) in [5.74, 6) is 1.03. The van der Waals surface area contributed by atoms with Gasteiger partial charge in [-0.2, -0.15) is 5.26 Å². The van der Waals surface area contributed by atoms with E-state index in [4.69, 9.17) is 15.5 Å². The number of fused-ring (bicyclic) bond motifs is 1. The van der Waals surface area contributed by atoms with E-state index in [0.717, 1.165) is 5.56 Å². The summed E-state index contributed by atoms with van der Waals surface area (Å²) in [6, 6.07) is 16.0. The van der Waals surface area contributed by atoms with E-state index in [2.05, 4.69) is 16.0 Å². The first kappa shape index (κ1) is 20.0. The third-order valence-corrected chi connectivity index (χ3v) is 4.94. The van der Waals surface area contributed by atoms with E-state index in [-0.39, 0.29) is 17.2 Å². The number of hydrogen-bond acceptors (Lipinski definition) is 7. The van der Waals surface area contributed by atoms with Gasteiger partial charge in [0.15, 0.2) is 5.82 Å².